The van der Waals surface area contributed by atoms with Crippen molar-refractivity contribution in [2.75, 3.05) is 13.7 Å². The molecule has 1 N–H and O–H groups in total. The first-order valence-corrected chi connectivity index (χ1v) is 7.61. The van der Waals surface area contributed by atoms with Gasteiger partial charge in [-0.1, -0.05) is 36.4 Å². The predicted molar refractivity (Wildman–Crippen MR) is 89.9 cm³/mol. The maximum atomic E-state index is 12.4. The Morgan fingerprint density at radius 2 is 2.00 bits per heavy atom. The summed E-state index contributed by atoms with van der Waals surface area (Å²) in [4.78, 5) is 16.7. The fraction of sp³-hybridized carbons (Fsp3) is 0.167. The number of hydrogen-bond acceptors (Lipinski definition) is 4. The van der Waals surface area contributed by atoms with E-state index in [-0.39, 0.29) is 12.0 Å². The number of benzene rings is 1. The lowest BCUT2D eigenvalue weighted by Gasteiger charge is -2.16. The number of amides is 1. The number of rotatable bonds is 6. The lowest BCUT2D eigenvalue weighted by atomic mass is 10.1. The van der Waals surface area contributed by atoms with Gasteiger partial charge >= 0.3 is 0 Å². The normalized spacial score (nSPS) is 11.9. The van der Waals surface area contributed by atoms with E-state index in [4.69, 9.17) is 4.74 Å². The summed E-state index contributed by atoms with van der Waals surface area (Å²) in [7, 11) is 1.63. The zero-order valence-electron chi connectivity index (χ0n) is 13.3. The standard InChI is InChI=1S/C18H18N4O2/c1-24-16(14-7-3-2-4-8-14)13-19-18(23)15-9-5-10-17(21-15)22-12-6-11-20-22/h2-12,16H,13H2,1H3,(H,19,23). The SMILES string of the molecule is COC(CNC(=O)c1cccc(-n2cccn2)n1)c1ccccc1. The van der Waals surface area contributed by atoms with E-state index in [9.17, 15) is 4.79 Å². The molecule has 1 unspecified atom stereocenters. The minimum atomic E-state index is -0.248. The number of pyridine rings is 1. The average molecular weight is 322 g/mol. The van der Waals surface area contributed by atoms with E-state index in [1.54, 1.807) is 48.5 Å². The van der Waals surface area contributed by atoms with Crippen molar-refractivity contribution in [2.45, 2.75) is 6.10 Å². The molecule has 3 aromatic rings. The fourth-order valence-corrected chi connectivity index (χ4v) is 2.36. The van der Waals surface area contributed by atoms with E-state index in [2.05, 4.69) is 15.4 Å². The Balaban J connectivity index is 1.68. The van der Waals surface area contributed by atoms with Crippen molar-refractivity contribution in [3.8, 4) is 5.82 Å². The van der Waals surface area contributed by atoms with Crippen LogP contribution in [0.5, 0.6) is 0 Å². The Morgan fingerprint density at radius 1 is 1.17 bits per heavy atom. The maximum Gasteiger partial charge on any atom is 0.270 e. The van der Waals surface area contributed by atoms with Gasteiger partial charge in [0.05, 0.1) is 6.10 Å². The molecule has 0 bridgehead atoms. The lowest BCUT2D eigenvalue weighted by molar-refractivity contribution is 0.0824. The second kappa shape index (κ2) is 7.52. The maximum absolute atomic E-state index is 12.4. The third kappa shape index (κ3) is 3.67. The smallest absolute Gasteiger partial charge is 0.270 e. The molecule has 0 aliphatic carbocycles. The summed E-state index contributed by atoms with van der Waals surface area (Å²) in [5.74, 6) is 0.348. The quantitative estimate of drug-likeness (QED) is 0.756. The largest absolute Gasteiger partial charge is 0.375 e. The van der Waals surface area contributed by atoms with Gasteiger partial charge in [0.1, 0.15) is 5.69 Å². The molecule has 2 aromatic heterocycles. The van der Waals surface area contributed by atoms with Crippen LogP contribution in [0.4, 0.5) is 0 Å². The van der Waals surface area contributed by atoms with Gasteiger partial charge in [0.15, 0.2) is 5.82 Å². The third-order valence-corrected chi connectivity index (χ3v) is 3.61. The molecule has 3 rings (SSSR count). The predicted octanol–water partition coefficient (Wildman–Crippen LogP) is 2.38. The highest BCUT2D eigenvalue weighted by Crippen LogP contribution is 2.15. The number of hydrogen-bond donors (Lipinski definition) is 1. The first-order chi connectivity index (χ1) is 11.8. The summed E-state index contributed by atoms with van der Waals surface area (Å²) in [6.07, 6.45) is 3.24. The molecule has 24 heavy (non-hydrogen) atoms. The van der Waals surface area contributed by atoms with Crippen LogP contribution in [-0.4, -0.2) is 34.3 Å². The molecule has 0 saturated carbocycles. The molecular weight excluding hydrogens is 304 g/mol. The summed E-state index contributed by atoms with van der Waals surface area (Å²) in [5, 5.41) is 6.98. The molecule has 0 saturated heterocycles. The highest BCUT2D eigenvalue weighted by molar-refractivity contribution is 5.92. The van der Waals surface area contributed by atoms with Gasteiger partial charge in [-0.25, -0.2) is 9.67 Å². The first kappa shape index (κ1) is 15.9. The van der Waals surface area contributed by atoms with Gasteiger partial charge < -0.3 is 10.1 Å². The van der Waals surface area contributed by atoms with Crippen LogP contribution >= 0.6 is 0 Å². The second-order valence-electron chi connectivity index (χ2n) is 5.18. The van der Waals surface area contributed by atoms with Gasteiger partial charge in [0.25, 0.3) is 5.91 Å². The molecule has 122 valence electrons. The summed E-state index contributed by atoms with van der Waals surface area (Å²) >= 11 is 0. The highest BCUT2D eigenvalue weighted by Gasteiger charge is 2.14. The zero-order chi connectivity index (χ0) is 16.8. The number of ether oxygens (including phenoxy) is 1. The minimum Gasteiger partial charge on any atom is -0.375 e. The van der Waals surface area contributed by atoms with E-state index in [0.717, 1.165) is 5.56 Å². The molecule has 6 nitrogen and oxygen atoms in total. The Labute approximate surface area is 140 Å². The van der Waals surface area contributed by atoms with Gasteiger partial charge in [-0.3, -0.25) is 4.79 Å². The lowest BCUT2D eigenvalue weighted by Crippen LogP contribution is -2.30. The zero-order valence-corrected chi connectivity index (χ0v) is 13.3. The topological polar surface area (TPSA) is 69.0 Å². The van der Waals surface area contributed by atoms with Crippen molar-refractivity contribution in [3.05, 3.63) is 78.2 Å². The van der Waals surface area contributed by atoms with E-state index in [1.807, 2.05) is 30.3 Å². The molecule has 2 heterocycles. The van der Waals surface area contributed by atoms with Gasteiger partial charge in [-0.2, -0.15) is 5.10 Å². The average Bonchev–Trinajstić information content (AvgIpc) is 3.18. The van der Waals surface area contributed by atoms with Crippen LogP contribution in [0.1, 0.15) is 22.2 Å². The molecule has 1 atom stereocenters. The van der Waals surface area contributed by atoms with Crippen LogP contribution in [0.3, 0.4) is 0 Å². The van der Waals surface area contributed by atoms with Gasteiger partial charge in [-0.05, 0) is 23.8 Å². The summed E-state index contributed by atoms with van der Waals surface area (Å²) < 4.78 is 7.07. The van der Waals surface area contributed by atoms with E-state index in [0.29, 0.717) is 18.1 Å². The molecule has 0 fully saturated rings. The van der Waals surface area contributed by atoms with Crippen molar-refractivity contribution in [1.29, 1.82) is 0 Å². The number of nitrogens with zero attached hydrogens (tertiary/aromatic N) is 3. The Morgan fingerprint density at radius 3 is 2.71 bits per heavy atom. The van der Waals surface area contributed by atoms with Crippen LogP contribution < -0.4 is 5.32 Å². The molecule has 1 aromatic carbocycles. The van der Waals surface area contributed by atoms with E-state index < -0.39 is 0 Å². The van der Waals surface area contributed by atoms with Crippen LogP contribution in [0.15, 0.2) is 67.0 Å². The number of methoxy groups -OCH3 is 1. The Kier molecular flexibility index (Phi) is 4.98. The van der Waals surface area contributed by atoms with Crippen LogP contribution in [0.2, 0.25) is 0 Å². The first-order valence-electron chi connectivity index (χ1n) is 7.61. The van der Waals surface area contributed by atoms with Crippen molar-refractivity contribution < 1.29 is 9.53 Å². The van der Waals surface area contributed by atoms with Gasteiger partial charge in [-0.15, -0.1) is 0 Å². The summed E-state index contributed by atoms with van der Waals surface area (Å²) in [5.41, 5.74) is 1.35. The van der Waals surface area contributed by atoms with Crippen LogP contribution in [-0.2, 0) is 4.74 Å². The van der Waals surface area contributed by atoms with Crippen molar-refractivity contribution in [3.63, 3.8) is 0 Å². The molecule has 1 amide bonds. The van der Waals surface area contributed by atoms with Crippen LogP contribution in [0.25, 0.3) is 5.82 Å². The molecular formula is C18H18N4O2. The Bertz CT molecular complexity index is 788. The molecule has 6 heteroatoms. The summed E-state index contributed by atoms with van der Waals surface area (Å²) in [6, 6.07) is 16.8. The number of carbonyl (C=O) groups is 1. The Hall–Kier alpha value is -2.99. The van der Waals surface area contributed by atoms with Gasteiger partial charge in [0, 0.05) is 26.0 Å². The molecule has 0 spiro atoms. The minimum absolute atomic E-state index is 0.204. The molecule has 0 aliphatic rings. The molecule has 0 aliphatic heterocycles. The fourth-order valence-electron chi connectivity index (χ4n) is 2.36. The van der Waals surface area contributed by atoms with Crippen LogP contribution in [0, 0.1) is 0 Å². The van der Waals surface area contributed by atoms with E-state index in [1.165, 1.54) is 0 Å². The highest BCUT2D eigenvalue weighted by atomic mass is 16.5. The van der Waals surface area contributed by atoms with Crippen molar-refractivity contribution in [1.82, 2.24) is 20.1 Å². The van der Waals surface area contributed by atoms with E-state index >= 15 is 0 Å². The van der Waals surface area contributed by atoms with Gasteiger partial charge in [0.2, 0.25) is 0 Å². The number of aromatic nitrogens is 3. The third-order valence-electron chi connectivity index (χ3n) is 3.61. The number of carbonyl (C=O) groups excluding carboxylic acids is 1. The summed E-state index contributed by atoms with van der Waals surface area (Å²) in [6.45, 7) is 0.368. The molecule has 0 radical (unpaired) electrons. The number of nitrogens with one attached hydrogen (secondary N) is 1. The second-order valence-corrected chi connectivity index (χ2v) is 5.18. The monoisotopic (exact) mass is 322 g/mol. The van der Waals surface area contributed by atoms with Crippen molar-refractivity contribution in [2.24, 2.45) is 0 Å². The van der Waals surface area contributed by atoms with Crippen molar-refractivity contribution >= 4 is 5.91 Å².